The highest BCUT2D eigenvalue weighted by Gasteiger charge is 2.45. The molecule has 1 saturated heterocycles. The third kappa shape index (κ3) is 3.46. The highest BCUT2D eigenvalue weighted by Crippen LogP contribution is 2.43. The van der Waals surface area contributed by atoms with Crippen LogP contribution in [0.1, 0.15) is 30.1 Å². The largest absolute Gasteiger partial charge is 0.508 e. The van der Waals surface area contributed by atoms with Gasteiger partial charge in [0.1, 0.15) is 11.5 Å². The first-order valence-electron chi connectivity index (χ1n) is 8.45. The smallest absolute Gasteiger partial charge is 0.229 e. The summed E-state index contributed by atoms with van der Waals surface area (Å²) in [5.41, 5.74) is 1.88. The van der Waals surface area contributed by atoms with Gasteiger partial charge in [-0.15, -0.1) is 0 Å². The van der Waals surface area contributed by atoms with Crippen LogP contribution in [0.5, 0.6) is 11.5 Å². The van der Waals surface area contributed by atoms with E-state index in [-0.39, 0.29) is 35.3 Å². The fourth-order valence-electron chi connectivity index (χ4n) is 3.55. The maximum atomic E-state index is 12.9. The van der Waals surface area contributed by atoms with Crippen molar-refractivity contribution >= 4 is 5.91 Å². The van der Waals surface area contributed by atoms with E-state index in [2.05, 4.69) is 0 Å². The highest BCUT2D eigenvalue weighted by atomic mass is 16.5. The number of benzene rings is 2. The molecule has 1 heterocycles. The molecule has 1 amide bonds. The molecule has 0 spiro atoms. The van der Waals surface area contributed by atoms with Crippen LogP contribution in [0, 0.1) is 5.92 Å². The predicted molar refractivity (Wildman–Crippen MR) is 94.4 cm³/mol. The summed E-state index contributed by atoms with van der Waals surface area (Å²) in [5.74, 6) is 0.0638. The number of phenols is 2. The second-order valence-corrected chi connectivity index (χ2v) is 6.41. The Morgan fingerprint density at radius 1 is 1.08 bits per heavy atom. The molecular weight excluding hydrogens is 318 g/mol. The number of aromatic hydroxyl groups is 2. The molecule has 5 heteroatoms. The Balaban J connectivity index is 1.99. The zero-order valence-corrected chi connectivity index (χ0v) is 14.4. The average Bonchev–Trinajstić information content (AvgIpc) is 2.90. The molecule has 1 aliphatic rings. The van der Waals surface area contributed by atoms with E-state index in [0.29, 0.717) is 13.2 Å². The van der Waals surface area contributed by atoms with Gasteiger partial charge in [-0.3, -0.25) is 4.79 Å². The summed E-state index contributed by atoms with van der Waals surface area (Å²) in [7, 11) is 1.80. The van der Waals surface area contributed by atoms with Crippen molar-refractivity contribution in [3.8, 4) is 11.5 Å². The van der Waals surface area contributed by atoms with Gasteiger partial charge in [-0.1, -0.05) is 24.3 Å². The van der Waals surface area contributed by atoms with E-state index in [1.54, 1.807) is 48.3 Å². The van der Waals surface area contributed by atoms with Crippen LogP contribution < -0.4 is 0 Å². The standard InChI is InChI=1S/C20H23NO4/c1-3-25-19(14-6-10-16(23)11-7-14)18-17(12-21(2)20(18)24)13-4-8-15(22)9-5-13/h4-11,17-19,22-23H,3,12H2,1-2H3/t17-,18+,19+/m1/s1. The van der Waals surface area contributed by atoms with Crippen molar-refractivity contribution in [3.63, 3.8) is 0 Å². The van der Waals surface area contributed by atoms with Gasteiger partial charge in [-0.2, -0.15) is 0 Å². The third-order valence-electron chi connectivity index (χ3n) is 4.78. The van der Waals surface area contributed by atoms with Crippen LogP contribution in [-0.2, 0) is 9.53 Å². The van der Waals surface area contributed by atoms with E-state index >= 15 is 0 Å². The van der Waals surface area contributed by atoms with Crippen molar-refractivity contribution < 1.29 is 19.7 Å². The van der Waals surface area contributed by atoms with Crippen molar-refractivity contribution in [2.75, 3.05) is 20.2 Å². The minimum atomic E-state index is -0.387. The first-order chi connectivity index (χ1) is 12.0. The van der Waals surface area contributed by atoms with Crippen molar-refractivity contribution in [1.29, 1.82) is 0 Å². The lowest BCUT2D eigenvalue weighted by molar-refractivity contribution is -0.134. The molecule has 0 bridgehead atoms. The predicted octanol–water partition coefficient (Wildman–Crippen LogP) is 3.05. The number of hydrogen-bond acceptors (Lipinski definition) is 4. The van der Waals surface area contributed by atoms with Crippen LogP contribution in [0.2, 0.25) is 0 Å². The van der Waals surface area contributed by atoms with E-state index in [4.69, 9.17) is 4.74 Å². The molecule has 0 unspecified atom stereocenters. The Morgan fingerprint density at radius 3 is 2.20 bits per heavy atom. The lowest BCUT2D eigenvalue weighted by atomic mass is 9.82. The third-order valence-corrected chi connectivity index (χ3v) is 4.78. The minimum Gasteiger partial charge on any atom is -0.508 e. The van der Waals surface area contributed by atoms with E-state index in [0.717, 1.165) is 11.1 Å². The first kappa shape index (κ1) is 17.3. The Morgan fingerprint density at radius 2 is 1.64 bits per heavy atom. The van der Waals surface area contributed by atoms with Crippen LogP contribution in [0.4, 0.5) is 0 Å². The molecule has 25 heavy (non-hydrogen) atoms. The summed E-state index contributed by atoms with van der Waals surface area (Å²) in [5, 5.41) is 19.1. The Labute approximate surface area is 147 Å². The lowest BCUT2D eigenvalue weighted by Crippen LogP contribution is -2.28. The Bertz CT molecular complexity index is 726. The van der Waals surface area contributed by atoms with Crippen LogP contribution >= 0.6 is 0 Å². The number of carbonyl (C=O) groups excluding carboxylic acids is 1. The summed E-state index contributed by atoms with van der Waals surface area (Å²) in [6.07, 6.45) is -0.387. The van der Waals surface area contributed by atoms with Crippen LogP contribution in [0.3, 0.4) is 0 Å². The Kier molecular flexibility index (Phi) is 4.95. The monoisotopic (exact) mass is 341 g/mol. The molecule has 3 rings (SSSR count). The molecule has 1 fully saturated rings. The van der Waals surface area contributed by atoms with Crippen LogP contribution in [-0.4, -0.2) is 41.2 Å². The summed E-state index contributed by atoms with van der Waals surface area (Å²) >= 11 is 0. The van der Waals surface area contributed by atoms with E-state index in [1.807, 2.05) is 19.1 Å². The molecule has 5 nitrogen and oxygen atoms in total. The van der Waals surface area contributed by atoms with E-state index in [1.165, 1.54) is 0 Å². The SMILES string of the molecule is CCO[C@@H](c1ccc(O)cc1)[C@H]1C(=O)N(C)C[C@@H]1c1ccc(O)cc1. The number of ether oxygens (including phenoxy) is 1. The number of likely N-dealkylation sites (N-methyl/N-ethyl adjacent to an activating group) is 1. The Hall–Kier alpha value is -2.53. The second kappa shape index (κ2) is 7.15. The van der Waals surface area contributed by atoms with Crippen molar-refractivity contribution in [3.05, 3.63) is 59.7 Å². The summed E-state index contributed by atoms with van der Waals surface area (Å²) in [6, 6.07) is 13.8. The number of carbonyl (C=O) groups is 1. The van der Waals surface area contributed by atoms with Gasteiger partial charge >= 0.3 is 0 Å². The fourth-order valence-corrected chi connectivity index (χ4v) is 3.55. The van der Waals surface area contributed by atoms with Gasteiger partial charge in [0.25, 0.3) is 0 Å². The summed E-state index contributed by atoms with van der Waals surface area (Å²) in [4.78, 5) is 14.6. The van der Waals surface area contributed by atoms with Gasteiger partial charge in [0, 0.05) is 26.1 Å². The number of amides is 1. The second-order valence-electron chi connectivity index (χ2n) is 6.41. The molecule has 2 aromatic rings. The van der Waals surface area contributed by atoms with Gasteiger partial charge in [0.15, 0.2) is 0 Å². The number of hydrogen-bond donors (Lipinski definition) is 2. The zero-order chi connectivity index (χ0) is 18.0. The summed E-state index contributed by atoms with van der Waals surface area (Å²) in [6.45, 7) is 3.00. The van der Waals surface area contributed by atoms with Gasteiger partial charge in [0.05, 0.1) is 12.0 Å². The fraction of sp³-hybridized carbons (Fsp3) is 0.350. The number of phenolic OH excluding ortho intramolecular Hbond substituents is 2. The van der Waals surface area contributed by atoms with E-state index < -0.39 is 0 Å². The molecule has 2 aromatic carbocycles. The molecule has 2 N–H and O–H groups in total. The van der Waals surface area contributed by atoms with Gasteiger partial charge in [-0.25, -0.2) is 0 Å². The number of nitrogens with zero attached hydrogens (tertiary/aromatic N) is 1. The molecule has 0 aliphatic carbocycles. The van der Waals surface area contributed by atoms with Crippen LogP contribution in [0.25, 0.3) is 0 Å². The first-order valence-corrected chi connectivity index (χ1v) is 8.45. The van der Waals surface area contributed by atoms with E-state index in [9.17, 15) is 15.0 Å². The molecule has 0 radical (unpaired) electrons. The number of likely N-dealkylation sites (tertiary alicyclic amines) is 1. The average molecular weight is 341 g/mol. The zero-order valence-electron chi connectivity index (χ0n) is 14.4. The summed E-state index contributed by atoms with van der Waals surface area (Å²) < 4.78 is 5.97. The highest BCUT2D eigenvalue weighted by molar-refractivity contribution is 5.83. The van der Waals surface area contributed by atoms with Gasteiger partial charge in [0.2, 0.25) is 5.91 Å². The molecule has 0 saturated carbocycles. The maximum absolute atomic E-state index is 12.9. The maximum Gasteiger partial charge on any atom is 0.229 e. The lowest BCUT2D eigenvalue weighted by Gasteiger charge is -2.27. The van der Waals surface area contributed by atoms with Gasteiger partial charge < -0.3 is 19.8 Å². The topological polar surface area (TPSA) is 70.0 Å². The van der Waals surface area contributed by atoms with Gasteiger partial charge in [-0.05, 0) is 42.3 Å². The molecule has 132 valence electrons. The normalized spacial score (nSPS) is 21.5. The number of rotatable bonds is 5. The molecule has 0 aromatic heterocycles. The van der Waals surface area contributed by atoms with Crippen molar-refractivity contribution in [2.24, 2.45) is 5.92 Å². The molecule has 3 atom stereocenters. The van der Waals surface area contributed by atoms with Crippen LogP contribution in [0.15, 0.2) is 48.5 Å². The molecule has 1 aliphatic heterocycles. The molecular formula is C20H23NO4. The van der Waals surface area contributed by atoms with Crippen molar-refractivity contribution in [1.82, 2.24) is 4.90 Å². The minimum absolute atomic E-state index is 0.0246. The van der Waals surface area contributed by atoms with Crippen molar-refractivity contribution in [2.45, 2.75) is 18.9 Å². The quantitative estimate of drug-likeness (QED) is 0.877.